The number of ketones is 1. The van der Waals surface area contributed by atoms with Gasteiger partial charge in [-0.05, 0) is 86.5 Å². The van der Waals surface area contributed by atoms with Crippen LogP contribution >= 0.6 is 0 Å². The van der Waals surface area contributed by atoms with Crippen LogP contribution in [0.5, 0.6) is 11.5 Å². The molecule has 3 saturated carbocycles. The summed E-state index contributed by atoms with van der Waals surface area (Å²) in [5.74, 6) is -1.44. The van der Waals surface area contributed by atoms with Crippen LogP contribution in [0.3, 0.4) is 0 Å². The summed E-state index contributed by atoms with van der Waals surface area (Å²) in [6.45, 7) is 9.62. The molecule has 0 spiro atoms. The van der Waals surface area contributed by atoms with Crippen molar-refractivity contribution in [3.8, 4) is 11.5 Å². The molecule has 4 fully saturated rings. The molecule has 7 rings (SSSR count). The van der Waals surface area contributed by atoms with Crippen LogP contribution < -0.4 is 14.2 Å². The fourth-order valence-corrected chi connectivity index (χ4v) is 9.78. The number of nitrogens with zero attached hydrogens (tertiary/aromatic N) is 2. The Morgan fingerprint density at radius 2 is 1.87 bits per heavy atom. The molecule has 1 saturated heterocycles. The van der Waals surface area contributed by atoms with Crippen molar-refractivity contribution in [1.29, 1.82) is 0 Å². The molecule has 13 heteroatoms. The zero-order valence-corrected chi connectivity index (χ0v) is 32.6. The number of Topliss-reactive ketones (excluding diaryl/α,β-unsaturated/α-hetero) is 1. The van der Waals surface area contributed by atoms with E-state index in [1.807, 2.05) is 45.0 Å². The number of esters is 1. The topological polar surface area (TPSA) is 158 Å². The summed E-state index contributed by atoms with van der Waals surface area (Å²) in [5.41, 5.74) is -0.320. The number of carbonyl (C=O) groups excluding carboxylic acids is 4. The van der Waals surface area contributed by atoms with E-state index in [0.29, 0.717) is 36.7 Å². The van der Waals surface area contributed by atoms with Crippen LogP contribution in [0.15, 0.2) is 36.9 Å². The molecule has 5 aliphatic rings. The van der Waals surface area contributed by atoms with E-state index in [4.69, 9.17) is 19.2 Å². The second-order valence-electron chi connectivity index (χ2n) is 17.2. The molecule has 54 heavy (non-hydrogen) atoms. The lowest BCUT2D eigenvalue weighted by Crippen LogP contribution is -2.48. The van der Waals surface area contributed by atoms with Crippen LogP contribution in [-0.4, -0.2) is 79.0 Å². The molecule has 3 aliphatic carbocycles. The number of amides is 2. The van der Waals surface area contributed by atoms with Gasteiger partial charge < -0.3 is 19.1 Å². The highest BCUT2D eigenvalue weighted by molar-refractivity contribution is 7.90. The number of allylic oxidation sites excluding steroid dienone is 1. The van der Waals surface area contributed by atoms with Gasteiger partial charge in [0.05, 0.1) is 53.9 Å². The number of fused-ring (bicyclic) bond motifs is 5. The Kier molecular flexibility index (Phi) is 10.3. The molecule has 1 N–H and O–H groups in total. The summed E-state index contributed by atoms with van der Waals surface area (Å²) in [7, 11) is -2.24. The highest BCUT2D eigenvalue weighted by atomic mass is 32.2. The number of aromatic nitrogens is 1. The molecule has 1 aromatic carbocycles. The number of rotatable bonds is 8. The molecule has 2 aliphatic heterocycles. The molecule has 1 aromatic heterocycles. The molecule has 2 bridgehead atoms. The fraction of sp³-hybridized carbons (Fsp3) is 0.634. The summed E-state index contributed by atoms with van der Waals surface area (Å²) in [4.78, 5) is 62.7. The standard InChI is InChI=1S/C41H53N3O9S/c1-6-26-21-41(26,39(48)43-54(49,50)29-13-14-29)22-34(45)33-19-28-23-44(33)38(47)30(40(2,3)4)20-37(46)53-35-17-24(35)10-8-7-9-11-32-36(52-28)18-25-16-27(51-5)12-15-31(25)42-32/h6,12,15-16,18,24,26,28-30,33,35H,1,7-11,13-14,17,19-23H2,2-5H3,(H,43,48)/t24-,26+,28+,30+,33-,35-,41+/m0/s1. The second-order valence-corrected chi connectivity index (χ2v) is 19.2. The average molecular weight is 764 g/mol. The van der Waals surface area contributed by atoms with Crippen molar-refractivity contribution in [3.05, 3.63) is 42.6 Å². The molecule has 0 radical (unpaired) electrons. The maximum Gasteiger partial charge on any atom is 0.306 e. The molecule has 12 nitrogen and oxygen atoms in total. The Labute approximate surface area is 317 Å². The van der Waals surface area contributed by atoms with Gasteiger partial charge in [-0.15, -0.1) is 6.58 Å². The van der Waals surface area contributed by atoms with Gasteiger partial charge in [-0.1, -0.05) is 39.7 Å². The third-order valence-corrected chi connectivity index (χ3v) is 14.0. The van der Waals surface area contributed by atoms with Gasteiger partial charge in [0.25, 0.3) is 0 Å². The summed E-state index contributed by atoms with van der Waals surface area (Å²) in [5, 5.41) is 0.231. The molecular formula is C41H53N3O9S. The van der Waals surface area contributed by atoms with Crippen LogP contribution in [0, 0.1) is 28.6 Å². The molecule has 2 aromatic rings. The third kappa shape index (κ3) is 8.02. The van der Waals surface area contributed by atoms with Crippen LogP contribution in [-0.2, 0) is 40.4 Å². The van der Waals surface area contributed by atoms with Crippen molar-refractivity contribution < 1.29 is 41.8 Å². The molecule has 7 atom stereocenters. The number of hydrogen-bond donors (Lipinski definition) is 1. The molecule has 3 heterocycles. The second kappa shape index (κ2) is 14.6. The first kappa shape index (κ1) is 38.3. The van der Waals surface area contributed by atoms with Gasteiger partial charge >= 0.3 is 5.97 Å². The first-order valence-electron chi connectivity index (χ1n) is 19.5. The van der Waals surface area contributed by atoms with Gasteiger partial charge in [-0.2, -0.15) is 0 Å². The maximum absolute atomic E-state index is 14.7. The van der Waals surface area contributed by atoms with Gasteiger partial charge in [0, 0.05) is 18.2 Å². The number of benzene rings is 1. The van der Waals surface area contributed by atoms with Crippen molar-refractivity contribution in [1.82, 2.24) is 14.6 Å². The van der Waals surface area contributed by atoms with Crippen LogP contribution in [0.2, 0.25) is 0 Å². The van der Waals surface area contributed by atoms with E-state index < -0.39 is 56.0 Å². The molecule has 292 valence electrons. The van der Waals surface area contributed by atoms with Crippen LogP contribution in [0.1, 0.15) is 97.1 Å². The lowest BCUT2D eigenvalue weighted by Gasteiger charge is -2.34. The Hall–Kier alpha value is -4.00. The zero-order valence-electron chi connectivity index (χ0n) is 31.8. The lowest BCUT2D eigenvalue weighted by atomic mass is 9.77. The van der Waals surface area contributed by atoms with E-state index in [2.05, 4.69) is 11.3 Å². The number of hydrogen-bond acceptors (Lipinski definition) is 10. The molecular weight excluding hydrogens is 711 g/mol. The fourth-order valence-electron chi connectivity index (χ4n) is 8.39. The van der Waals surface area contributed by atoms with Crippen molar-refractivity contribution in [2.24, 2.45) is 28.6 Å². The quantitative estimate of drug-likeness (QED) is 0.271. The molecule has 2 amide bonds. The summed E-state index contributed by atoms with van der Waals surface area (Å²) >= 11 is 0. The summed E-state index contributed by atoms with van der Waals surface area (Å²) in [6, 6.07) is 6.66. The first-order chi connectivity index (χ1) is 25.6. The van der Waals surface area contributed by atoms with Crippen LogP contribution in [0.25, 0.3) is 10.9 Å². The van der Waals surface area contributed by atoms with E-state index in [1.165, 1.54) is 4.90 Å². The minimum atomic E-state index is -3.84. The zero-order chi connectivity index (χ0) is 38.6. The van der Waals surface area contributed by atoms with Gasteiger partial charge in [0.15, 0.2) is 5.78 Å². The minimum Gasteiger partial charge on any atom is -0.497 e. The van der Waals surface area contributed by atoms with Gasteiger partial charge in [0.1, 0.15) is 23.7 Å². The van der Waals surface area contributed by atoms with Crippen LogP contribution in [0.4, 0.5) is 0 Å². The monoisotopic (exact) mass is 763 g/mol. The maximum atomic E-state index is 14.7. The summed E-state index contributed by atoms with van der Waals surface area (Å²) < 4.78 is 45.9. The predicted molar refractivity (Wildman–Crippen MR) is 201 cm³/mol. The number of aryl methyl sites for hydroxylation is 1. The lowest BCUT2D eigenvalue weighted by molar-refractivity contribution is -0.154. The van der Waals surface area contributed by atoms with Gasteiger partial charge in [0.2, 0.25) is 21.8 Å². The van der Waals surface area contributed by atoms with E-state index >= 15 is 0 Å². The SMILES string of the molecule is C=C[C@@H]1C[C@]1(CC(=O)[C@@H]1C[C@@H]2CN1C(=O)[C@H](C(C)(C)C)CC(=O)O[C@H]1C[C@@H]1CCCCCc1nc3ccc(OC)cc3cc1O2)C(=O)NS(=O)(=O)C1CC1. The average Bonchev–Trinajstić information content (AvgIpc) is 4.04. The minimum absolute atomic E-state index is 0.0807. The summed E-state index contributed by atoms with van der Waals surface area (Å²) in [6.07, 6.45) is 7.22. The van der Waals surface area contributed by atoms with Gasteiger partial charge in [-0.25, -0.2) is 13.4 Å². The Morgan fingerprint density at radius 3 is 2.56 bits per heavy atom. The normalized spacial score (nSPS) is 30.5. The predicted octanol–water partition coefficient (Wildman–Crippen LogP) is 5.45. The van der Waals surface area contributed by atoms with E-state index in [9.17, 15) is 27.6 Å². The Morgan fingerprint density at radius 1 is 1.09 bits per heavy atom. The number of methoxy groups -OCH3 is 1. The van der Waals surface area contributed by atoms with Crippen molar-refractivity contribution in [2.75, 3.05) is 13.7 Å². The van der Waals surface area contributed by atoms with E-state index in [-0.39, 0.29) is 55.9 Å². The number of nitrogens with one attached hydrogen (secondary N) is 1. The molecule has 0 unspecified atom stereocenters. The number of ether oxygens (including phenoxy) is 3. The highest BCUT2D eigenvalue weighted by Crippen LogP contribution is 2.57. The smallest absolute Gasteiger partial charge is 0.306 e. The first-order valence-corrected chi connectivity index (χ1v) is 21.0. The van der Waals surface area contributed by atoms with E-state index in [0.717, 1.165) is 48.7 Å². The van der Waals surface area contributed by atoms with Gasteiger partial charge in [-0.3, -0.25) is 23.9 Å². The number of carbonyl (C=O) groups is 4. The largest absolute Gasteiger partial charge is 0.497 e. The van der Waals surface area contributed by atoms with Crippen molar-refractivity contribution in [3.63, 3.8) is 0 Å². The highest BCUT2D eigenvalue weighted by Gasteiger charge is 2.61. The van der Waals surface area contributed by atoms with Crippen molar-refractivity contribution in [2.45, 2.75) is 121 Å². The van der Waals surface area contributed by atoms with E-state index in [1.54, 1.807) is 13.2 Å². The number of pyridine rings is 1. The third-order valence-electron chi connectivity index (χ3n) is 12.2. The van der Waals surface area contributed by atoms with Crippen molar-refractivity contribution >= 4 is 44.5 Å². The Balaban J connectivity index is 1.22. The Bertz CT molecular complexity index is 1950. The number of sulfonamides is 1.